The fraction of sp³-hybridized carbons (Fsp3) is 0.750. The molecule has 1 unspecified atom stereocenters. The Labute approximate surface area is 106 Å². The smallest absolute Gasteiger partial charge is 0.421 e. The Morgan fingerprint density at radius 1 is 1.47 bits per heavy atom. The highest BCUT2D eigenvalue weighted by molar-refractivity contribution is 7.88. The molecule has 0 saturated heterocycles. The highest BCUT2D eigenvalue weighted by Crippen LogP contribution is 1.99. The van der Waals surface area contributed by atoms with Gasteiger partial charge >= 0.3 is 16.3 Å². The molecule has 0 aromatic heterocycles. The predicted octanol–water partition coefficient (Wildman–Crippen LogP) is 0.0217. The number of rotatable bonds is 7. The zero-order valence-corrected chi connectivity index (χ0v) is 11.4. The minimum absolute atomic E-state index is 0.0887. The van der Waals surface area contributed by atoms with Crippen LogP contribution in [-0.2, 0) is 14.9 Å². The van der Waals surface area contributed by atoms with Crippen molar-refractivity contribution in [1.82, 2.24) is 9.44 Å². The first-order chi connectivity index (χ1) is 7.80. The number of thiocarbonyl (C=S) groups is 1. The molecule has 9 heteroatoms. The van der Waals surface area contributed by atoms with Gasteiger partial charge in [-0.2, -0.15) is 13.1 Å². The summed E-state index contributed by atoms with van der Waals surface area (Å²) < 4.78 is 31.3. The Morgan fingerprint density at radius 3 is 2.47 bits per heavy atom. The summed E-state index contributed by atoms with van der Waals surface area (Å²) in [5.41, 5.74) is 5.32. The Hall–Kier alpha value is -0.930. The highest BCUT2D eigenvalue weighted by atomic mass is 32.2. The average Bonchev–Trinajstić information content (AvgIpc) is 2.14. The third kappa shape index (κ3) is 7.88. The van der Waals surface area contributed by atoms with E-state index >= 15 is 0 Å². The summed E-state index contributed by atoms with van der Waals surface area (Å²) >= 11 is 4.69. The van der Waals surface area contributed by atoms with E-state index in [0.717, 1.165) is 0 Å². The van der Waals surface area contributed by atoms with Gasteiger partial charge in [-0.05, 0) is 13.3 Å². The first-order valence-corrected chi connectivity index (χ1v) is 6.95. The van der Waals surface area contributed by atoms with E-state index in [0.29, 0.717) is 6.42 Å². The summed E-state index contributed by atoms with van der Waals surface area (Å²) in [5.74, 6) is 0. The Balaban J connectivity index is 4.41. The second-order valence-electron chi connectivity index (χ2n) is 3.22. The lowest BCUT2D eigenvalue weighted by Gasteiger charge is -2.16. The minimum atomic E-state index is -3.95. The molecule has 0 heterocycles. The van der Waals surface area contributed by atoms with E-state index in [1.807, 2.05) is 0 Å². The van der Waals surface area contributed by atoms with Crippen LogP contribution in [0.15, 0.2) is 0 Å². The van der Waals surface area contributed by atoms with Crippen molar-refractivity contribution < 1.29 is 17.9 Å². The number of hydrogen-bond acceptors (Lipinski definition) is 5. The molecule has 0 saturated carbocycles. The van der Waals surface area contributed by atoms with Crippen molar-refractivity contribution in [1.29, 1.82) is 0 Å². The van der Waals surface area contributed by atoms with Gasteiger partial charge in [0.1, 0.15) is 0 Å². The number of nitrogens with two attached hydrogens (primary N) is 1. The summed E-state index contributed by atoms with van der Waals surface area (Å²) in [5, 5.41) is 0. The van der Waals surface area contributed by atoms with Gasteiger partial charge in [-0.3, -0.25) is 0 Å². The number of carbonyl (C=O) groups is 1. The van der Waals surface area contributed by atoms with Crippen LogP contribution in [0.3, 0.4) is 0 Å². The molecular formula is C8H17N3O4S2. The maximum atomic E-state index is 11.5. The van der Waals surface area contributed by atoms with Gasteiger partial charge in [0.05, 0.1) is 11.6 Å². The number of ether oxygens (including phenoxy) is 1. The molecule has 1 atom stereocenters. The molecule has 100 valence electrons. The van der Waals surface area contributed by atoms with Crippen LogP contribution in [0.4, 0.5) is 4.79 Å². The monoisotopic (exact) mass is 283 g/mol. The van der Waals surface area contributed by atoms with Crippen molar-refractivity contribution in [3.63, 3.8) is 0 Å². The van der Waals surface area contributed by atoms with Crippen LogP contribution in [0.2, 0.25) is 0 Å². The third-order valence-electron chi connectivity index (χ3n) is 1.76. The minimum Gasteiger partial charge on any atom is -0.449 e. The molecule has 7 nitrogen and oxygen atoms in total. The van der Waals surface area contributed by atoms with E-state index < -0.39 is 22.3 Å². The molecule has 0 spiro atoms. The highest BCUT2D eigenvalue weighted by Gasteiger charge is 2.19. The van der Waals surface area contributed by atoms with E-state index in [-0.39, 0.29) is 18.0 Å². The number of hydrogen-bond donors (Lipinski definition) is 3. The molecule has 4 N–H and O–H groups in total. The molecule has 17 heavy (non-hydrogen) atoms. The number of amides is 1. The number of nitrogens with one attached hydrogen (secondary N) is 2. The molecule has 0 bridgehead atoms. The standard InChI is InChI=1S/C8H17N3O4S2/c1-3-6(5-7(9)16)10-17(13,14)11-8(12)15-4-2/h6,10H,3-5H2,1-2H3,(H2,9,16)(H,11,12). The van der Waals surface area contributed by atoms with Gasteiger partial charge in [-0.1, -0.05) is 19.1 Å². The lowest BCUT2D eigenvalue weighted by atomic mass is 10.2. The largest absolute Gasteiger partial charge is 0.449 e. The van der Waals surface area contributed by atoms with Crippen LogP contribution >= 0.6 is 12.2 Å². The van der Waals surface area contributed by atoms with E-state index in [1.54, 1.807) is 18.6 Å². The van der Waals surface area contributed by atoms with Crippen LogP contribution in [0.1, 0.15) is 26.7 Å². The maximum absolute atomic E-state index is 11.5. The molecule has 0 fully saturated rings. The van der Waals surface area contributed by atoms with E-state index in [9.17, 15) is 13.2 Å². The third-order valence-corrected chi connectivity index (χ3v) is 3.00. The van der Waals surface area contributed by atoms with Gasteiger partial charge in [0.25, 0.3) is 0 Å². The summed E-state index contributed by atoms with van der Waals surface area (Å²) in [6.07, 6.45) is -0.290. The Bertz CT molecular complexity index is 369. The molecule has 0 aromatic carbocycles. The van der Waals surface area contributed by atoms with Gasteiger partial charge in [0.2, 0.25) is 0 Å². The molecule has 0 aliphatic carbocycles. The summed E-state index contributed by atoms with van der Waals surface area (Å²) in [7, 11) is -3.95. The van der Waals surface area contributed by atoms with Crippen molar-refractivity contribution in [2.45, 2.75) is 32.7 Å². The van der Waals surface area contributed by atoms with Crippen LogP contribution in [-0.4, -0.2) is 32.1 Å². The molecule has 0 aliphatic heterocycles. The molecule has 0 aromatic rings. The fourth-order valence-corrected chi connectivity index (χ4v) is 2.26. The van der Waals surface area contributed by atoms with Crippen LogP contribution < -0.4 is 15.2 Å². The van der Waals surface area contributed by atoms with Crippen LogP contribution in [0, 0.1) is 0 Å². The SMILES string of the molecule is CCOC(=O)NS(=O)(=O)NC(CC)CC(N)=S. The summed E-state index contributed by atoms with van der Waals surface area (Å²) in [6, 6.07) is -0.445. The molecule has 1 amide bonds. The van der Waals surface area contributed by atoms with Gasteiger partial charge in [-0.15, -0.1) is 0 Å². The summed E-state index contributed by atoms with van der Waals surface area (Å²) in [6.45, 7) is 3.43. The molecular weight excluding hydrogens is 266 g/mol. The van der Waals surface area contributed by atoms with Crippen molar-refractivity contribution in [3.05, 3.63) is 0 Å². The van der Waals surface area contributed by atoms with Crippen molar-refractivity contribution >= 4 is 33.5 Å². The first-order valence-electron chi connectivity index (χ1n) is 5.05. The van der Waals surface area contributed by atoms with E-state index in [2.05, 4.69) is 21.7 Å². The zero-order valence-electron chi connectivity index (χ0n) is 9.73. The average molecular weight is 283 g/mol. The van der Waals surface area contributed by atoms with Gasteiger partial charge in [-0.25, -0.2) is 9.52 Å². The van der Waals surface area contributed by atoms with Gasteiger partial charge in [0, 0.05) is 12.5 Å². The first kappa shape index (κ1) is 16.1. The van der Waals surface area contributed by atoms with Gasteiger partial charge < -0.3 is 10.5 Å². The van der Waals surface area contributed by atoms with E-state index in [1.165, 1.54) is 0 Å². The topological polar surface area (TPSA) is 111 Å². The predicted molar refractivity (Wildman–Crippen MR) is 67.7 cm³/mol. The van der Waals surface area contributed by atoms with E-state index in [4.69, 9.17) is 5.73 Å². The summed E-state index contributed by atoms with van der Waals surface area (Å²) in [4.78, 5) is 11.2. The molecule has 0 radical (unpaired) electrons. The second-order valence-corrected chi connectivity index (χ2v) is 5.19. The molecule has 0 rings (SSSR count). The molecule has 0 aliphatic rings. The Morgan fingerprint density at radius 2 is 2.06 bits per heavy atom. The van der Waals surface area contributed by atoms with Crippen molar-refractivity contribution in [2.24, 2.45) is 5.73 Å². The van der Waals surface area contributed by atoms with Crippen molar-refractivity contribution in [3.8, 4) is 0 Å². The normalized spacial score (nSPS) is 12.8. The lowest BCUT2D eigenvalue weighted by molar-refractivity contribution is 0.158. The lowest BCUT2D eigenvalue weighted by Crippen LogP contribution is -2.46. The zero-order chi connectivity index (χ0) is 13.5. The fourth-order valence-electron chi connectivity index (χ4n) is 1.03. The quantitative estimate of drug-likeness (QED) is 0.568. The maximum Gasteiger partial charge on any atom is 0.421 e. The van der Waals surface area contributed by atoms with Crippen LogP contribution in [0.5, 0.6) is 0 Å². The second kappa shape index (κ2) is 7.41. The van der Waals surface area contributed by atoms with Gasteiger partial charge in [0.15, 0.2) is 0 Å². The Kier molecular flexibility index (Phi) is 7.00. The number of carbonyl (C=O) groups excluding carboxylic acids is 1. The van der Waals surface area contributed by atoms with Crippen molar-refractivity contribution in [2.75, 3.05) is 6.61 Å². The van der Waals surface area contributed by atoms with Crippen LogP contribution in [0.25, 0.3) is 0 Å².